The van der Waals surface area contributed by atoms with Gasteiger partial charge in [-0.3, -0.25) is 39.0 Å². The summed E-state index contributed by atoms with van der Waals surface area (Å²) < 4.78 is 6.98. The van der Waals surface area contributed by atoms with Crippen LogP contribution >= 0.6 is 0 Å². The van der Waals surface area contributed by atoms with Crippen molar-refractivity contribution >= 4 is 52.7 Å². The number of carbonyl (C=O) groups is 5. The average molecular weight is 768 g/mol. The Morgan fingerprint density at radius 3 is 2.46 bits per heavy atom. The van der Waals surface area contributed by atoms with E-state index in [9.17, 15) is 24.0 Å². The van der Waals surface area contributed by atoms with E-state index in [0.29, 0.717) is 40.4 Å². The molecule has 0 spiro atoms. The van der Waals surface area contributed by atoms with Gasteiger partial charge in [0.25, 0.3) is 11.8 Å². The number of rotatable bonds is 11. The zero-order valence-corrected chi connectivity index (χ0v) is 31.9. The molecular weight excluding hydrogens is 718 g/mol. The summed E-state index contributed by atoms with van der Waals surface area (Å²) in [5, 5.41) is 13.1. The van der Waals surface area contributed by atoms with Gasteiger partial charge >= 0.3 is 5.97 Å². The summed E-state index contributed by atoms with van der Waals surface area (Å²) in [6, 6.07) is 5.12. The summed E-state index contributed by atoms with van der Waals surface area (Å²) in [4.78, 5) is 80.9. The molecule has 3 aromatic rings. The number of nitrogens with one attached hydrogen (secondary N) is 3. The van der Waals surface area contributed by atoms with Crippen LogP contribution < -0.4 is 20.9 Å². The standard InChI is InChI=1S/C39H49N11O6/c1-3-56-38(55)31-20-40-39(43-26-19-41-46(2)23-26)45-34(31)42-25-4-6-27(7-5-25)48-16-14-47(15-17-48)21-24-12-13-49(22-24)28-8-9-29-30(18-28)37(54)50(36(29)53)32-10-11-33(51)44-35(32)52/h8-9,18-20,23-25,27,32H,3-7,10-17,21-22H2,1-2H3,(H,44,51,52)(H2,40,42,43,45)/t24-,25?,27?,32-/m0/s1. The number of hydrogen-bond donors (Lipinski definition) is 3. The van der Waals surface area contributed by atoms with Crippen LogP contribution in [0, 0.1) is 5.92 Å². The van der Waals surface area contributed by atoms with E-state index in [-0.39, 0.29) is 31.4 Å². The maximum Gasteiger partial charge on any atom is 0.343 e. The van der Waals surface area contributed by atoms with Crippen LogP contribution in [0.15, 0.2) is 36.8 Å². The minimum absolute atomic E-state index is 0.0966. The van der Waals surface area contributed by atoms with Crippen molar-refractivity contribution in [3.05, 3.63) is 53.5 Å². The molecule has 4 aliphatic heterocycles. The normalized spacial score (nSPS) is 24.7. The second-order valence-electron chi connectivity index (χ2n) is 15.5. The topological polar surface area (TPSA) is 187 Å². The fourth-order valence-electron chi connectivity index (χ4n) is 8.85. The first-order chi connectivity index (χ1) is 27.1. The first-order valence-corrected chi connectivity index (χ1v) is 19.8. The molecule has 3 N–H and O–H groups in total. The van der Waals surface area contributed by atoms with E-state index in [2.05, 4.69) is 45.7 Å². The number of fused-ring (bicyclic) bond motifs is 1. The molecule has 6 heterocycles. The van der Waals surface area contributed by atoms with Gasteiger partial charge in [0.1, 0.15) is 17.4 Å². The van der Waals surface area contributed by atoms with Gasteiger partial charge in [0.15, 0.2) is 0 Å². The lowest BCUT2D eigenvalue weighted by Gasteiger charge is -2.42. The van der Waals surface area contributed by atoms with Gasteiger partial charge < -0.3 is 25.2 Å². The number of nitrogens with zero attached hydrogens (tertiary/aromatic N) is 8. The Morgan fingerprint density at radius 1 is 0.946 bits per heavy atom. The van der Waals surface area contributed by atoms with Gasteiger partial charge in [-0.15, -0.1) is 0 Å². The van der Waals surface area contributed by atoms with Gasteiger partial charge in [0, 0.05) is 89.4 Å². The number of piperidine rings is 1. The van der Waals surface area contributed by atoms with Crippen molar-refractivity contribution in [3.8, 4) is 0 Å². The largest absolute Gasteiger partial charge is 0.462 e. The number of anilines is 4. The van der Waals surface area contributed by atoms with Crippen molar-refractivity contribution < 1.29 is 28.7 Å². The number of aryl methyl sites for hydroxylation is 1. The molecule has 8 rings (SSSR count). The Morgan fingerprint density at radius 2 is 1.73 bits per heavy atom. The lowest BCUT2D eigenvalue weighted by molar-refractivity contribution is -0.136. The molecule has 0 bridgehead atoms. The second kappa shape index (κ2) is 16.0. The fourth-order valence-corrected chi connectivity index (χ4v) is 8.85. The fraction of sp³-hybridized carbons (Fsp3) is 0.538. The van der Waals surface area contributed by atoms with E-state index in [0.717, 1.165) is 94.2 Å². The molecule has 1 saturated carbocycles. The molecule has 1 aromatic carbocycles. The highest BCUT2D eigenvalue weighted by atomic mass is 16.5. The van der Waals surface area contributed by atoms with Crippen molar-refractivity contribution in [2.24, 2.45) is 13.0 Å². The van der Waals surface area contributed by atoms with Crippen LogP contribution in [0.25, 0.3) is 0 Å². The van der Waals surface area contributed by atoms with Crippen LogP contribution in [-0.4, -0.2) is 135 Å². The van der Waals surface area contributed by atoms with Crippen molar-refractivity contribution in [3.63, 3.8) is 0 Å². The number of imide groups is 2. The summed E-state index contributed by atoms with van der Waals surface area (Å²) in [6.45, 7) is 8.93. The summed E-state index contributed by atoms with van der Waals surface area (Å²) in [7, 11) is 1.84. The summed E-state index contributed by atoms with van der Waals surface area (Å²) in [5.74, 6) is -1.04. The van der Waals surface area contributed by atoms with Crippen molar-refractivity contribution in [1.82, 2.24) is 39.8 Å². The van der Waals surface area contributed by atoms with Crippen LogP contribution in [-0.2, 0) is 21.4 Å². The number of piperazine rings is 1. The molecule has 5 aliphatic rings. The summed E-state index contributed by atoms with van der Waals surface area (Å²) in [5.41, 5.74) is 2.61. The second-order valence-corrected chi connectivity index (χ2v) is 15.5. The van der Waals surface area contributed by atoms with Crippen LogP contribution in [0.3, 0.4) is 0 Å². The molecule has 56 heavy (non-hydrogen) atoms. The van der Waals surface area contributed by atoms with E-state index in [1.54, 1.807) is 29.9 Å². The first kappa shape index (κ1) is 37.5. The van der Waals surface area contributed by atoms with Gasteiger partial charge in [-0.2, -0.15) is 10.1 Å². The minimum Gasteiger partial charge on any atom is -0.462 e. The highest BCUT2D eigenvalue weighted by molar-refractivity contribution is 6.23. The quantitative estimate of drug-likeness (QED) is 0.191. The van der Waals surface area contributed by atoms with Gasteiger partial charge in [-0.1, -0.05) is 0 Å². The predicted molar refractivity (Wildman–Crippen MR) is 206 cm³/mol. The number of aromatic nitrogens is 4. The lowest BCUT2D eigenvalue weighted by Crippen LogP contribution is -2.54. The van der Waals surface area contributed by atoms with Crippen molar-refractivity contribution in [2.75, 3.05) is 68.0 Å². The lowest BCUT2D eigenvalue weighted by atomic mass is 9.89. The van der Waals surface area contributed by atoms with Crippen LogP contribution in [0.1, 0.15) is 82.9 Å². The number of benzene rings is 1. The van der Waals surface area contributed by atoms with E-state index in [4.69, 9.17) is 4.74 Å². The highest BCUT2D eigenvalue weighted by Gasteiger charge is 2.45. The highest BCUT2D eigenvalue weighted by Crippen LogP contribution is 2.33. The third-order valence-electron chi connectivity index (χ3n) is 11.8. The van der Waals surface area contributed by atoms with Crippen LogP contribution in [0.2, 0.25) is 0 Å². The van der Waals surface area contributed by atoms with E-state index >= 15 is 0 Å². The molecule has 2 atom stereocenters. The third-order valence-corrected chi connectivity index (χ3v) is 11.8. The molecule has 17 heteroatoms. The Bertz CT molecular complexity index is 2000. The number of carbonyl (C=O) groups excluding carboxylic acids is 5. The number of esters is 1. The Hall–Kier alpha value is -5.42. The van der Waals surface area contributed by atoms with Gasteiger partial charge in [0.05, 0.1) is 29.6 Å². The maximum atomic E-state index is 13.4. The number of hydrogen-bond acceptors (Lipinski definition) is 14. The molecule has 0 unspecified atom stereocenters. The zero-order chi connectivity index (χ0) is 38.9. The Balaban J connectivity index is 0.801. The molecule has 17 nitrogen and oxygen atoms in total. The molecule has 1 aliphatic carbocycles. The van der Waals surface area contributed by atoms with Gasteiger partial charge in [0.2, 0.25) is 17.8 Å². The molecule has 4 fully saturated rings. The van der Waals surface area contributed by atoms with Gasteiger partial charge in [-0.05, 0) is 69.6 Å². The predicted octanol–water partition coefficient (Wildman–Crippen LogP) is 2.40. The number of amides is 4. The van der Waals surface area contributed by atoms with Crippen LogP contribution in [0.5, 0.6) is 0 Å². The minimum atomic E-state index is -0.967. The first-order valence-electron chi connectivity index (χ1n) is 19.8. The number of ether oxygens (including phenoxy) is 1. The summed E-state index contributed by atoms with van der Waals surface area (Å²) >= 11 is 0. The van der Waals surface area contributed by atoms with Crippen molar-refractivity contribution in [2.45, 2.75) is 70.0 Å². The Kier molecular flexibility index (Phi) is 10.7. The average Bonchev–Trinajstić information content (AvgIpc) is 3.90. The molecule has 296 valence electrons. The molecular formula is C39H49N11O6. The van der Waals surface area contributed by atoms with Crippen molar-refractivity contribution in [1.29, 1.82) is 0 Å². The Labute approximate surface area is 325 Å². The zero-order valence-electron chi connectivity index (χ0n) is 31.9. The van der Waals surface area contributed by atoms with E-state index in [1.807, 2.05) is 19.3 Å². The summed E-state index contributed by atoms with van der Waals surface area (Å²) in [6.07, 6.45) is 10.4. The van der Waals surface area contributed by atoms with Crippen LogP contribution in [0.4, 0.5) is 23.1 Å². The SMILES string of the molecule is CCOC(=O)c1cnc(Nc2cnn(C)c2)nc1NC1CCC(N2CCN(C[C@@H]3CCN(c4ccc5c(c4)C(=O)N([C@H]4CCC(=O)NC4=O)C5=O)C3)CC2)CC1. The molecule has 3 saturated heterocycles. The third kappa shape index (κ3) is 7.82. The van der Waals surface area contributed by atoms with Gasteiger partial charge in [-0.25, -0.2) is 9.78 Å². The van der Waals surface area contributed by atoms with E-state index < -0.39 is 29.7 Å². The molecule has 0 radical (unpaired) electrons. The smallest absolute Gasteiger partial charge is 0.343 e. The monoisotopic (exact) mass is 767 g/mol. The molecule has 4 amide bonds. The molecule has 2 aromatic heterocycles. The maximum absolute atomic E-state index is 13.4. The van der Waals surface area contributed by atoms with E-state index in [1.165, 1.54) is 6.20 Å².